The standard InChI is InChI=1S/C15H34ClNO3P2.C2H6/c1-6-13-22(5,20-9-4)15-17(12-10-11-16)14-21(18-7-2)19-8-3;1-2/h5-15H2,1-4H3;1-2H3. The van der Waals surface area contributed by atoms with E-state index < -0.39 is 15.5 Å². The van der Waals surface area contributed by atoms with Crippen molar-refractivity contribution in [3.63, 3.8) is 0 Å². The van der Waals surface area contributed by atoms with Crippen LogP contribution >= 0.6 is 27.1 Å². The monoisotopic (exact) mass is 403 g/mol. The Morgan fingerprint density at radius 2 is 1.62 bits per heavy atom. The molecule has 24 heavy (non-hydrogen) atoms. The summed E-state index contributed by atoms with van der Waals surface area (Å²) in [7, 11) is -2.50. The maximum Gasteiger partial charge on any atom is 0.185 e. The van der Waals surface area contributed by atoms with E-state index in [-0.39, 0.29) is 0 Å². The zero-order valence-electron chi connectivity index (χ0n) is 16.7. The number of hydrogen-bond acceptors (Lipinski definition) is 4. The highest BCUT2D eigenvalue weighted by atomic mass is 35.5. The molecular formula is C17H40ClNO3P2. The van der Waals surface area contributed by atoms with Gasteiger partial charge in [0.1, 0.15) is 0 Å². The van der Waals surface area contributed by atoms with Gasteiger partial charge in [-0.3, -0.25) is 4.90 Å². The summed E-state index contributed by atoms with van der Waals surface area (Å²) in [5, 5.41) is 0. The maximum atomic E-state index is 6.03. The Morgan fingerprint density at radius 3 is 2.04 bits per heavy atom. The highest BCUT2D eigenvalue weighted by Crippen LogP contribution is 2.49. The van der Waals surface area contributed by atoms with Gasteiger partial charge in [-0.15, -0.1) is 11.6 Å². The summed E-state index contributed by atoms with van der Waals surface area (Å²) in [5.74, 6) is 0.669. The third-order valence-electron chi connectivity index (χ3n) is 2.96. The van der Waals surface area contributed by atoms with Crippen LogP contribution in [0.2, 0.25) is 0 Å². The van der Waals surface area contributed by atoms with Crippen LogP contribution in [0.5, 0.6) is 0 Å². The summed E-state index contributed by atoms with van der Waals surface area (Å²) < 4.78 is 17.5. The Kier molecular flexibility index (Phi) is 21.0. The van der Waals surface area contributed by atoms with E-state index in [0.717, 1.165) is 44.7 Å². The summed E-state index contributed by atoms with van der Waals surface area (Å²) >= 11 is 5.88. The third kappa shape index (κ3) is 14.1. The molecule has 0 N–H and O–H groups in total. The molecule has 0 aliphatic carbocycles. The Balaban J connectivity index is 0. The van der Waals surface area contributed by atoms with Crippen LogP contribution in [0.25, 0.3) is 0 Å². The first-order valence-electron chi connectivity index (χ1n) is 9.22. The van der Waals surface area contributed by atoms with Gasteiger partial charge in [-0.1, -0.05) is 33.5 Å². The number of nitrogens with zero attached hydrogens (tertiary/aromatic N) is 1. The van der Waals surface area contributed by atoms with Gasteiger partial charge in [0.15, 0.2) is 8.38 Å². The number of hydrogen-bond donors (Lipinski definition) is 0. The molecule has 0 radical (unpaired) electrons. The lowest BCUT2D eigenvalue weighted by atomic mass is 10.5. The summed E-state index contributed by atoms with van der Waals surface area (Å²) in [6.07, 6.45) is 9.25. The fraction of sp³-hybridized carbons (Fsp3) is 0.941. The van der Waals surface area contributed by atoms with E-state index in [9.17, 15) is 0 Å². The van der Waals surface area contributed by atoms with Crippen molar-refractivity contribution >= 4 is 33.4 Å². The van der Waals surface area contributed by atoms with Crippen LogP contribution in [0.15, 0.2) is 0 Å². The van der Waals surface area contributed by atoms with Gasteiger partial charge in [-0.25, -0.2) is 0 Å². The average molecular weight is 404 g/mol. The van der Waals surface area contributed by atoms with E-state index >= 15 is 0 Å². The lowest BCUT2D eigenvalue weighted by Crippen LogP contribution is -2.28. The van der Waals surface area contributed by atoms with Crippen LogP contribution < -0.4 is 0 Å². The molecule has 148 valence electrons. The minimum absolute atomic E-state index is 0.669. The Bertz CT molecular complexity index is 294. The SMILES string of the molecule is C=P(CCC)(CN(CCCCl)CP(OCC)OCC)OCC.CC. The molecule has 0 rings (SSSR count). The molecule has 1 unspecified atom stereocenters. The molecule has 0 saturated heterocycles. The second-order valence-corrected chi connectivity index (χ2v) is 10.0. The Morgan fingerprint density at radius 1 is 1.04 bits per heavy atom. The largest absolute Gasteiger partial charge is 0.361 e. The van der Waals surface area contributed by atoms with Crippen LogP contribution in [0.3, 0.4) is 0 Å². The molecule has 0 heterocycles. The van der Waals surface area contributed by atoms with Gasteiger partial charge in [0.25, 0.3) is 0 Å². The molecule has 1 atom stereocenters. The molecule has 0 aromatic rings. The first kappa shape index (κ1) is 27.1. The van der Waals surface area contributed by atoms with Crippen molar-refractivity contribution in [1.29, 1.82) is 0 Å². The molecule has 0 fully saturated rings. The van der Waals surface area contributed by atoms with Crippen LogP contribution in [0.4, 0.5) is 0 Å². The van der Waals surface area contributed by atoms with Gasteiger partial charge in [0.05, 0.1) is 19.5 Å². The number of rotatable bonds is 15. The molecule has 0 amide bonds. The molecule has 0 aliphatic rings. The lowest BCUT2D eigenvalue weighted by Gasteiger charge is -2.33. The van der Waals surface area contributed by atoms with Gasteiger partial charge in [-0.05, 0) is 33.4 Å². The number of halogens is 1. The Labute approximate surface area is 157 Å². The zero-order chi connectivity index (χ0) is 18.8. The van der Waals surface area contributed by atoms with Crippen LogP contribution in [-0.2, 0) is 13.6 Å². The first-order chi connectivity index (χ1) is 11.5. The summed E-state index contributed by atoms with van der Waals surface area (Å²) in [5.41, 5.74) is 0. The fourth-order valence-electron chi connectivity index (χ4n) is 2.26. The van der Waals surface area contributed by atoms with Gasteiger partial charge in [0.2, 0.25) is 0 Å². The first-order valence-corrected chi connectivity index (χ1v) is 13.4. The second-order valence-electron chi connectivity index (χ2n) is 5.09. The van der Waals surface area contributed by atoms with Crippen LogP contribution in [0.1, 0.15) is 54.4 Å². The smallest absolute Gasteiger partial charge is 0.185 e. The van der Waals surface area contributed by atoms with Crippen molar-refractivity contribution in [3.8, 4) is 0 Å². The normalized spacial score (nSPS) is 13.7. The predicted octanol–water partition coefficient (Wildman–Crippen LogP) is 6.05. The van der Waals surface area contributed by atoms with Crippen molar-refractivity contribution < 1.29 is 13.6 Å². The highest BCUT2D eigenvalue weighted by Gasteiger charge is 2.22. The van der Waals surface area contributed by atoms with Crippen LogP contribution in [0, 0.1) is 0 Å². The number of alkyl halides is 1. The van der Waals surface area contributed by atoms with Gasteiger partial charge < -0.3 is 13.6 Å². The van der Waals surface area contributed by atoms with Crippen molar-refractivity contribution in [2.45, 2.75) is 54.4 Å². The summed E-state index contributed by atoms with van der Waals surface area (Å²) in [6, 6.07) is 0. The fourth-order valence-corrected chi connectivity index (χ4v) is 6.61. The van der Waals surface area contributed by atoms with E-state index in [0.29, 0.717) is 19.1 Å². The minimum atomic E-state index is -1.63. The van der Waals surface area contributed by atoms with Gasteiger partial charge in [-0.2, -0.15) is 0 Å². The molecule has 7 heteroatoms. The molecule has 0 spiro atoms. The molecule has 0 bridgehead atoms. The minimum Gasteiger partial charge on any atom is -0.361 e. The van der Waals surface area contributed by atoms with Crippen LogP contribution in [-0.4, -0.2) is 62.2 Å². The van der Waals surface area contributed by atoms with E-state index in [2.05, 4.69) is 18.1 Å². The van der Waals surface area contributed by atoms with Gasteiger partial charge >= 0.3 is 0 Å². The molecular weight excluding hydrogens is 364 g/mol. The lowest BCUT2D eigenvalue weighted by molar-refractivity contribution is 0.245. The molecule has 0 aromatic heterocycles. The molecule has 0 saturated carbocycles. The second kappa shape index (κ2) is 18.6. The van der Waals surface area contributed by atoms with E-state index in [4.69, 9.17) is 25.2 Å². The summed E-state index contributed by atoms with van der Waals surface area (Å²) in [6.45, 7) is 15.3. The van der Waals surface area contributed by atoms with Crippen molar-refractivity contribution in [1.82, 2.24) is 4.90 Å². The predicted molar refractivity (Wildman–Crippen MR) is 114 cm³/mol. The molecule has 0 aromatic carbocycles. The maximum absolute atomic E-state index is 6.03. The Hall–Kier alpha value is 0.860. The molecule has 0 aliphatic heterocycles. The van der Waals surface area contributed by atoms with E-state index in [1.807, 2.05) is 34.6 Å². The highest BCUT2D eigenvalue weighted by molar-refractivity contribution is 7.69. The van der Waals surface area contributed by atoms with Crippen molar-refractivity contribution in [2.24, 2.45) is 0 Å². The topological polar surface area (TPSA) is 30.9 Å². The van der Waals surface area contributed by atoms with Crippen molar-refractivity contribution in [3.05, 3.63) is 0 Å². The zero-order valence-corrected chi connectivity index (χ0v) is 19.3. The van der Waals surface area contributed by atoms with Crippen molar-refractivity contribution in [2.75, 3.05) is 51.0 Å². The van der Waals surface area contributed by atoms with E-state index in [1.165, 1.54) is 0 Å². The average Bonchev–Trinajstić information content (AvgIpc) is 2.55. The van der Waals surface area contributed by atoms with Gasteiger partial charge in [0, 0.05) is 32.4 Å². The third-order valence-corrected chi connectivity index (χ3v) is 7.94. The molecule has 4 nitrogen and oxygen atoms in total. The summed E-state index contributed by atoms with van der Waals surface area (Å²) in [4.78, 5) is 2.38. The van der Waals surface area contributed by atoms with E-state index in [1.54, 1.807) is 0 Å². The quantitative estimate of drug-likeness (QED) is 0.246.